The molecule has 0 amide bonds. The molecule has 0 bridgehead atoms. The molecule has 72 heavy (non-hydrogen) atoms. The minimum absolute atomic E-state index is 0.0628. The number of allylic oxidation sites excluding steroid dienone is 2. The molecule has 23 nitrogen and oxygen atoms in total. The van der Waals surface area contributed by atoms with Crippen LogP contribution in [0.25, 0.3) is 0 Å². The summed E-state index contributed by atoms with van der Waals surface area (Å²) in [6.07, 6.45) is -14.1. The van der Waals surface area contributed by atoms with Gasteiger partial charge in [-0.05, 0) is 55.7 Å². The Morgan fingerprint density at radius 3 is 1.38 bits per heavy atom. The van der Waals surface area contributed by atoms with Crippen molar-refractivity contribution in [1.29, 1.82) is 0 Å². The van der Waals surface area contributed by atoms with E-state index in [1.165, 1.54) is 24.3 Å². The number of carbonyl (C=O) groups excluding carboxylic acids is 4. The third-order valence-corrected chi connectivity index (χ3v) is 12.3. The number of ether oxygens (including phenoxy) is 10. The summed E-state index contributed by atoms with van der Waals surface area (Å²) >= 11 is 0. The van der Waals surface area contributed by atoms with Crippen molar-refractivity contribution in [2.24, 2.45) is 11.8 Å². The molecule has 6 rings (SSSR count). The fourth-order valence-electron chi connectivity index (χ4n) is 8.33. The maximum atomic E-state index is 13.7. The Balaban J connectivity index is 1.09. The molecule has 4 aliphatic rings. The summed E-state index contributed by atoms with van der Waals surface area (Å²) in [5.41, 5.74) is 1.72. The molecule has 2 aromatic rings. The number of benzene rings is 2. The third-order valence-electron chi connectivity index (χ3n) is 12.3. The average molecular weight is 1020 g/mol. The number of aliphatic hydroxyl groups is 9. The molecule has 2 fully saturated rings. The molecule has 4 heterocycles. The topological polar surface area (TPSA) is 343 Å². The second kappa shape index (κ2) is 25.8. The van der Waals surface area contributed by atoms with E-state index in [4.69, 9.17) is 47.4 Å². The van der Waals surface area contributed by atoms with Crippen molar-refractivity contribution in [2.45, 2.75) is 114 Å². The Hall–Kier alpha value is -5.64. The fraction of sp³-hybridized carbons (Fsp3) is 0.510. The van der Waals surface area contributed by atoms with Gasteiger partial charge < -0.3 is 93.3 Å². The first kappa shape index (κ1) is 55.7. The lowest BCUT2D eigenvalue weighted by Crippen LogP contribution is -2.60. The summed E-state index contributed by atoms with van der Waals surface area (Å²) < 4.78 is 55.7. The maximum Gasteiger partial charge on any atom is 0.337 e. The first-order valence-electron chi connectivity index (χ1n) is 23.0. The van der Waals surface area contributed by atoms with E-state index in [1.54, 1.807) is 50.2 Å². The largest absolute Gasteiger partial charge is 0.468 e. The smallest absolute Gasteiger partial charge is 0.337 e. The van der Waals surface area contributed by atoms with Crippen LogP contribution in [0.15, 0.2) is 95.5 Å². The summed E-state index contributed by atoms with van der Waals surface area (Å²) in [7, 11) is 1.14. The first-order valence-corrected chi connectivity index (χ1v) is 23.0. The van der Waals surface area contributed by atoms with Gasteiger partial charge in [-0.1, -0.05) is 36.4 Å². The van der Waals surface area contributed by atoms with Gasteiger partial charge in [0.05, 0.1) is 63.4 Å². The lowest BCUT2D eigenvalue weighted by molar-refractivity contribution is -0.327. The van der Waals surface area contributed by atoms with Crippen LogP contribution in [0.1, 0.15) is 37.8 Å². The lowest BCUT2D eigenvalue weighted by atomic mass is 9.86. The van der Waals surface area contributed by atoms with Gasteiger partial charge in [0.2, 0.25) is 12.6 Å². The highest BCUT2D eigenvalue weighted by Crippen LogP contribution is 2.38. The molecule has 23 heteroatoms. The van der Waals surface area contributed by atoms with Gasteiger partial charge in [0.15, 0.2) is 12.6 Å². The summed E-state index contributed by atoms with van der Waals surface area (Å²) in [5, 5.41) is 90.7. The van der Waals surface area contributed by atoms with Gasteiger partial charge in [-0.15, -0.1) is 0 Å². The van der Waals surface area contributed by atoms with Crippen LogP contribution in [0, 0.1) is 11.8 Å². The van der Waals surface area contributed by atoms with Crippen molar-refractivity contribution in [3.8, 4) is 11.5 Å². The van der Waals surface area contributed by atoms with Crippen molar-refractivity contribution in [1.82, 2.24) is 0 Å². The molecular weight excluding hydrogens is 957 g/mol. The number of carbonyl (C=O) groups is 4. The van der Waals surface area contributed by atoms with E-state index in [1.807, 2.05) is 0 Å². The molecule has 394 valence electrons. The normalized spacial score (nSPS) is 31.6. The zero-order chi connectivity index (χ0) is 52.2. The lowest BCUT2D eigenvalue weighted by Gasteiger charge is -2.41. The molecule has 2 aromatic carbocycles. The Morgan fingerprint density at radius 2 is 0.986 bits per heavy atom. The first-order chi connectivity index (χ1) is 34.5. The van der Waals surface area contributed by atoms with E-state index in [0.29, 0.717) is 12.0 Å². The van der Waals surface area contributed by atoms with Gasteiger partial charge in [-0.3, -0.25) is 9.59 Å². The van der Waals surface area contributed by atoms with Crippen molar-refractivity contribution in [3.05, 3.63) is 107 Å². The van der Waals surface area contributed by atoms with Gasteiger partial charge in [-0.2, -0.15) is 0 Å². The molecule has 4 aliphatic heterocycles. The Morgan fingerprint density at radius 1 is 0.569 bits per heavy atom. The van der Waals surface area contributed by atoms with Crippen molar-refractivity contribution >= 4 is 23.9 Å². The van der Waals surface area contributed by atoms with Crippen molar-refractivity contribution in [3.63, 3.8) is 0 Å². The Bertz CT molecular complexity index is 2290. The van der Waals surface area contributed by atoms with Crippen LogP contribution in [-0.2, 0) is 69.9 Å². The highest BCUT2D eigenvalue weighted by molar-refractivity contribution is 5.91. The number of aliphatic hydroxyl groups excluding tert-OH is 9. The number of esters is 4. The predicted molar refractivity (Wildman–Crippen MR) is 241 cm³/mol. The van der Waals surface area contributed by atoms with Crippen molar-refractivity contribution < 1.29 is 113 Å². The number of hydrogen-bond acceptors (Lipinski definition) is 23. The van der Waals surface area contributed by atoms with Crippen LogP contribution in [0.3, 0.4) is 0 Å². The molecule has 0 aromatic heterocycles. The second-order valence-electron chi connectivity index (χ2n) is 16.9. The van der Waals surface area contributed by atoms with E-state index in [-0.39, 0.29) is 53.4 Å². The Kier molecular flexibility index (Phi) is 20.0. The molecule has 0 radical (unpaired) electrons. The van der Waals surface area contributed by atoms with Gasteiger partial charge >= 0.3 is 23.9 Å². The minimum Gasteiger partial charge on any atom is -0.468 e. The Labute approximate surface area is 412 Å². The van der Waals surface area contributed by atoms with Crippen LogP contribution in [0.4, 0.5) is 0 Å². The van der Waals surface area contributed by atoms with E-state index >= 15 is 0 Å². The molecule has 9 N–H and O–H groups in total. The standard InChI is InChI=1S/C49H60O23/c1-4-28-30(32(44(61)63-3)22-65-46(28)71-48-42(59)40(57)38(55)34(20-51)69-48)18-36(53)68-27-12-8-25(9-13-27)15-17-64-45(62)33-23-66-47(72-49-43(60)41(58)39(56)35(21-52)70-49)29(5-2)31(33)19-37(54)67-26-10-6-24(7-11-26)14-16-50/h4-13,22-23,30-31,34-35,38-43,46-52,55-60H,14-21H2,1-3H3/b28-4+,29-5+/t30-,31-,34+,35+,38+,39+,40-,41-,42+,43+,46-,47-,48-,49-/m0/s1. The molecule has 0 aliphatic carbocycles. The van der Waals surface area contributed by atoms with Gasteiger partial charge in [0, 0.05) is 36.0 Å². The molecule has 0 unspecified atom stereocenters. The number of methoxy groups -OCH3 is 1. The number of rotatable bonds is 19. The number of hydrogen-bond donors (Lipinski definition) is 9. The average Bonchev–Trinajstić information content (AvgIpc) is 3.37. The summed E-state index contributed by atoms with van der Waals surface area (Å²) in [6.45, 7) is 1.49. The predicted octanol–water partition coefficient (Wildman–Crippen LogP) is -0.990. The summed E-state index contributed by atoms with van der Waals surface area (Å²) in [6, 6.07) is 12.7. The quantitative estimate of drug-likeness (QED) is 0.0463. The van der Waals surface area contributed by atoms with Crippen molar-refractivity contribution in [2.75, 3.05) is 33.5 Å². The highest BCUT2D eigenvalue weighted by atomic mass is 16.8. The zero-order valence-corrected chi connectivity index (χ0v) is 39.4. The van der Waals surface area contributed by atoms with E-state index in [0.717, 1.165) is 25.2 Å². The molecule has 0 spiro atoms. The van der Waals surface area contributed by atoms with Crippen LogP contribution in [-0.4, -0.2) is 177 Å². The molecule has 2 saturated heterocycles. The van der Waals surface area contributed by atoms with Gasteiger partial charge in [0.1, 0.15) is 60.3 Å². The maximum absolute atomic E-state index is 13.7. The van der Waals surface area contributed by atoms with E-state index in [2.05, 4.69) is 0 Å². The third kappa shape index (κ3) is 13.3. The van der Waals surface area contributed by atoms with Crippen LogP contribution in [0.2, 0.25) is 0 Å². The SMILES string of the molecule is C/C=C1/[C@H](O[C@@H]2O[C@H](CO)[C@@H](O)[C@H](O)[C@H]2O)OC=C(C(=O)OC)[C@H]1CC(=O)Oc1ccc(CCOC(=O)C2=CO[C@@H](O[C@@H]3O[C@H](CO)[C@@H](O)[C@H](O)[C@H]3O)/C(=C/C)[C@@H]2CC(=O)Oc2ccc(CCO)cc2)cc1. The van der Waals surface area contributed by atoms with Crippen LogP contribution in [0.5, 0.6) is 11.5 Å². The van der Waals surface area contributed by atoms with Gasteiger partial charge in [0.25, 0.3) is 0 Å². The molecule has 0 saturated carbocycles. The van der Waals surface area contributed by atoms with Gasteiger partial charge in [-0.25, -0.2) is 9.59 Å². The van der Waals surface area contributed by atoms with E-state index < -0.39 is 136 Å². The summed E-state index contributed by atoms with van der Waals surface area (Å²) in [4.78, 5) is 53.4. The molecular formula is C49H60O23. The fourth-order valence-corrected chi connectivity index (χ4v) is 8.33. The van der Waals surface area contributed by atoms with Crippen LogP contribution < -0.4 is 9.47 Å². The highest BCUT2D eigenvalue weighted by Gasteiger charge is 2.49. The monoisotopic (exact) mass is 1020 g/mol. The molecule has 14 atom stereocenters. The summed E-state index contributed by atoms with van der Waals surface area (Å²) in [5.74, 6) is -5.03. The minimum atomic E-state index is -1.78. The van der Waals surface area contributed by atoms with E-state index in [9.17, 15) is 65.1 Å². The zero-order valence-electron chi connectivity index (χ0n) is 39.4. The van der Waals surface area contributed by atoms with Crippen LogP contribution >= 0.6 is 0 Å². The second-order valence-corrected chi connectivity index (χ2v) is 16.9.